The Kier molecular flexibility index (Phi) is 9.89. The zero-order chi connectivity index (χ0) is 30.3. The van der Waals surface area contributed by atoms with Crippen molar-refractivity contribution < 1.29 is 38.1 Å². The molecule has 0 spiro atoms. The van der Waals surface area contributed by atoms with Crippen LogP contribution in [0.3, 0.4) is 0 Å². The van der Waals surface area contributed by atoms with Crippen LogP contribution in [0, 0.1) is 5.92 Å². The Balaban J connectivity index is 1.45. The molecule has 13 heteroatoms. The monoisotopic (exact) mass is 601 g/mol. The molecule has 1 unspecified atom stereocenters. The predicted molar refractivity (Wildman–Crippen MR) is 154 cm³/mol. The van der Waals surface area contributed by atoms with Crippen LogP contribution in [0.25, 0.3) is 0 Å². The van der Waals surface area contributed by atoms with Gasteiger partial charge in [0.1, 0.15) is 17.0 Å². The highest BCUT2D eigenvalue weighted by Crippen LogP contribution is 2.48. The summed E-state index contributed by atoms with van der Waals surface area (Å²) in [6.07, 6.45) is 2.24. The van der Waals surface area contributed by atoms with Crippen LogP contribution in [0.4, 0.5) is 10.5 Å². The van der Waals surface area contributed by atoms with E-state index >= 15 is 0 Å². The summed E-state index contributed by atoms with van der Waals surface area (Å²) in [7, 11) is -3.82. The van der Waals surface area contributed by atoms with Crippen molar-refractivity contribution in [3.05, 3.63) is 88.0 Å². The van der Waals surface area contributed by atoms with Crippen LogP contribution < -0.4 is 21.0 Å². The maximum atomic E-state index is 13.1. The number of benzene rings is 2. The smallest absolute Gasteiger partial charge is 0.343 e. The van der Waals surface area contributed by atoms with Gasteiger partial charge in [0.2, 0.25) is 0 Å². The van der Waals surface area contributed by atoms with E-state index < -0.39 is 53.0 Å². The van der Waals surface area contributed by atoms with Gasteiger partial charge in [-0.25, -0.2) is 18.0 Å². The SMILES string of the molecule is O=C(NCCCc1cc(O)c(C(c2cccc(NS(=O)(=O)c3ccccc3)c2)C2CC2)c(=O)o1)NC(CO)(CO)CO. The number of urea groups is 1. The first-order chi connectivity index (χ1) is 20.1. The van der Waals surface area contributed by atoms with Gasteiger partial charge in [-0.1, -0.05) is 30.3 Å². The number of aliphatic hydroxyl groups excluding tert-OH is 3. The number of aliphatic hydroxyl groups is 3. The van der Waals surface area contributed by atoms with E-state index in [1.54, 1.807) is 42.5 Å². The van der Waals surface area contributed by atoms with E-state index in [4.69, 9.17) is 4.42 Å². The third-order valence-electron chi connectivity index (χ3n) is 7.15. The Hall–Kier alpha value is -3.91. The average molecular weight is 602 g/mol. The van der Waals surface area contributed by atoms with Crippen LogP contribution in [0.5, 0.6) is 5.75 Å². The van der Waals surface area contributed by atoms with Crippen molar-refractivity contribution in [1.29, 1.82) is 0 Å². The Morgan fingerprint density at radius 2 is 1.69 bits per heavy atom. The van der Waals surface area contributed by atoms with E-state index in [1.165, 1.54) is 18.2 Å². The second-order valence-electron chi connectivity index (χ2n) is 10.4. The summed E-state index contributed by atoms with van der Waals surface area (Å²) >= 11 is 0. The molecule has 3 aromatic rings. The Morgan fingerprint density at radius 1 is 1.00 bits per heavy atom. The molecule has 0 aliphatic heterocycles. The molecule has 1 fully saturated rings. The number of carbonyl (C=O) groups is 1. The molecule has 1 aliphatic rings. The van der Waals surface area contributed by atoms with Gasteiger partial charge in [-0.3, -0.25) is 4.72 Å². The van der Waals surface area contributed by atoms with Gasteiger partial charge in [-0.2, -0.15) is 0 Å². The molecule has 2 aromatic carbocycles. The van der Waals surface area contributed by atoms with Gasteiger partial charge in [-0.15, -0.1) is 0 Å². The molecule has 2 amide bonds. The highest BCUT2D eigenvalue weighted by atomic mass is 32.2. The van der Waals surface area contributed by atoms with Crippen molar-refractivity contribution in [3.8, 4) is 5.75 Å². The van der Waals surface area contributed by atoms with Gasteiger partial charge < -0.3 is 35.5 Å². The van der Waals surface area contributed by atoms with Gasteiger partial charge in [0.05, 0.1) is 30.3 Å². The van der Waals surface area contributed by atoms with Crippen LogP contribution in [0.1, 0.15) is 42.1 Å². The van der Waals surface area contributed by atoms with Crippen molar-refractivity contribution in [2.75, 3.05) is 31.1 Å². The Labute approximate surface area is 243 Å². The lowest BCUT2D eigenvalue weighted by Gasteiger charge is -2.28. The maximum absolute atomic E-state index is 13.1. The summed E-state index contributed by atoms with van der Waals surface area (Å²) in [5, 5.41) is 43.7. The lowest BCUT2D eigenvalue weighted by molar-refractivity contribution is 0.0493. The first-order valence-electron chi connectivity index (χ1n) is 13.5. The summed E-state index contributed by atoms with van der Waals surface area (Å²) in [6, 6.07) is 15.4. The molecule has 1 atom stereocenters. The van der Waals surface area contributed by atoms with E-state index in [2.05, 4.69) is 15.4 Å². The number of nitrogens with one attached hydrogen (secondary N) is 3. The molecule has 12 nitrogen and oxygen atoms in total. The number of anilines is 1. The number of sulfonamides is 1. The fourth-order valence-corrected chi connectivity index (χ4v) is 5.75. The second kappa shape index (κ2) is 13.4. The summed E-state index contributed by atoms with van der Waals surface area (Å²) < 4.78 is 33.7. The average Bonchev–Trinajstić information content (AvgIpc) is 3.82. The molecule has 226 valence electrons. The third-order valence-corrected chi connectivity index (χ3v) is 8.54. The zero-order valence-corrected chi connectivity index (χ0v) is 23.6. The normalized spacial score (nSPS) is 14.3. The minimum atomic E-state index is -3.82. The first kappa shape index (κ1) is 31.0. The van der Waals surface area contributed by atoms with Gasteiger partial charge in [0.15, 0.2) is 0 Å². The van der Waals surface area contributed by atoms with Crippen LogP contribution >= 0.6 is 0 Å². The largest absolute Gasteiger partial charge is 0.507 e. The number of carbonyl (C=O) groups excluding carboxylic acids is 1. The quantitative estimate of drug-likeness (QED) is 0.134. The van der Waals surface area contributed by atoms with Crippen molar-refractivity contribution in [1.82, 2.24) is 10.6 Å². The molecular formula is C29H35N3O9S. The first-order valence-corrected chi connectivity index (χ1v) is 15.0. The van der Waals surface area contributed by atoms with Gasteiger partial charge >= 0.3 is 11.7 Å². The van der Waals surface area contributed by atoms with E-state index in [0.29, 0.717) is 17.7 Å². The molecule has 7 N–H and O–H groups in total. The van der Waals surface area contributed by atoms with Crippen LogP contribution in [0.15, 0.2) is 74.8 Å². The number of aromatic hydroxyl groups is 1. The number of amides is 2. The molecule has 0 saturated heterocycles. The van der Waals surface area contributed by atoms with Crippen molar-refractivity contribution in [2.45, 2.75) is 42.0 Å². The number of hydrogen-bond donors (Lipinski definition) is 7. The summed E-state index contributed by atoms with van der Waals surface area (Å²) in [5.74, 6) is -0.417. The van der Waals surface area contributed by atoms with E-state index in [-0.39, 0.29) is 40.9 Å². The van der Waals surface area contributed by atoms with Crippen LogP contribution in [-0.4, -0.2) is 66.8 Å². The van der Waals surface area contributed by atoms with E-state index in [0.717, 1.165) is 12.8 Å². The standard InChI is InChI=1S/C29H35N3O9S/c33-16-29(17-34,18-35)31-28(38)30-13-5-8-22-15-24(36)26(27(37)41-22)25(19-11-12-19)20-6-4-7-21(14-20)32-42(39,40)23-9-2-1-3-10-23/h1-4,6-7,9-10,14-15,19,25,32-36H,5,8,11-13,16-18H2,(H2,30,31,38). The minimum absolute atomic E-state index is 0.0808. The molecule has 1 saturated carbocycles. The maximum Gasteiger partial charge on any atom is 0.343 e. The zero-order valence-electron chi connectivity index (χ0n) is 22.8. The van der Waals surface area contributed by atoms with Crippen molar-refractivity contribution in [2.24, 2.45) is 5.92 Å². The van der Waals surface area contributed by atoms with Gasteiger partial charge in [-0.05, 0) is 55.0 Å². The fourth-order valence-electron chi connectivity index (χ4n) is 4.68. The lowest BCUT2D eigenvalue weighted by atomic mass is 9.87. The second-order valence-corrected chi connectivity index (χ2v) is 12.1. The van der Waals surface area contributed by atoms with Crippen LogP contribution in [0.2, 0.25) is 0 Å². The molecule has 1 aliphatic carbocycles. The lowest BCUT2D eigenvalue weighted by Crippen LogP contribution is -2.59. The summed E-state index contributed by atoms with van der Waals surface area (Å²) in [5.41, 5.74) is -1.14. The predicted octanol–water partition coefficient (Wildman–Crippen LogP) is 1.64. The van der Waals surface area contributed by atoms with Gasteiger partial charge in [0, 0.05) is 30.6 Å². The molecule has 1 aromatic heterocycles. The number of aryl methyl sites for hydroxylation is 1. The minimum Gasteiger partial charge on any atom is -0.507 e. The number of hydrogen-bond acceptors (Lipinski definition) is 9. The Bertz CT molecular complexity index is 1530. The highest BCUT2D eigenvalue weighted by molar-refractivity contribution is 7.92. The molecule has 0 bridgehead atoms. The number of rotatable bonds is 14. The van der Waals surface area contributed by atoms with E-state index in [1.807, 2.05) is 0 Å². The van der Waals surface area contributed by atoms with Crippen LogP contribution in [-0.2, 0) is 16.4 Å². The molecule has 1 heterocycles. The fraction of sp³-hybridized carbons (Fsp3) is 0.379. The molecular weight excluding hydrogens is 566 g/mol. The third kappa shape index (κ3) is 7.48. The van der Waals surface area contributed by atoms with Crippen molar-refractivity contribution in [3.63, 3.8) is 0 Å². The molecule has 4 rings (SSSR count). The molecule has 42 heavy (non-hydrogen) atoms. The Morgan fingerprint density at radius 3 is 2.31 bits per heavy atom. The summed E-state index contributed by atoms with van der Waals surface area (Å²) in [6.45, 7) is -1.81. The molecule has 0 radical (unpaired) electrons. The van der Waals surface area contributed by atoms with E-state index in [9.17, 15) is 38.4 Å². The van der Waals surface area contributed by atoms with Crippen molar-refractivity contribution >= 4 is 21.7 Å². The topological polar surface area (TPSA) is 198 Å². The highest BCUT2D eigenvalue weighted by Gasteiger charge is 2.37. The van der Waals surface area contributed by atoms with Gasteiger partial charge in [0.25, 0.3) is 10.0 Å². The summed E-state index contributed by atoms with van der Waals surface area (Å²) in [4.78, 5) is 25.3.